The Kier molecular flexibility index (Phi) is 6.55. The molecule has 0 atom stereocenters. The minimum absolute atomic E-state index is 0.674. The van der Waals surface area contributed by atoms with E-state index in [4.69, 9.17) is 14.2 Å². The van der Waals surface area contributed by atoms with Gasteiger partial charge in [-0.3, -0.25) is 0 Å². The average molecular weight is 404 g/mol. The maximum Gasteiger partial charge on any atom is 0.119 e. The molecule has 0 radical (unpaired) electrons. The topological polar surface area (TPSA) is 30.9 Å². The highest BCUT2D eigenvalue weighted by atomic mass is 16.5. The zero-order chi connectivity index (χ0) is 20.8. The fourth-order valence-electron chi connectivity index (χ4n) is 3.77. The number of hydrogen-bond donors (Lipinski definition) is 0. The van der Waals surface area contributed by atoms with Crippen LogP contribution in [0.5, 0.6) is 11.5 Å². The van der Waals surface area contributed by atoms with Crippen molar-refractivity contribution in [2.75, 3.05) is 44.4 Å². The van der Waals surface area contributed by atoms with E-state index in [0.717, 1.165) is 37.8 Å². The van der Waals surface area contributed by atoms with E-state index in [2.05, 4.69) is 47.4 Å². The van der Waals surface area contributed by atoms with Crippen LogP contribution in [0.15, 0.2) is 66.7 Å². The molecule has 0 aliphatic carbocycles. The molecule has 1 heterocycles. The van der Waals surface area contributed by atoms with E-state index in [1.807, 2.05) is 38.1 Å². The minimum atomic E-state index is 0.674. The van der Waals surface area contributed by atoms with Gasteiger partial charge in [0, 0.05) is 18.8 Å². The molecule has 1 saturated heterocycles. The minimum Gasteiger partial charge on any atom is -0.494 e. The van der Waals surface area contributed by atoms with Gasteiger partial charge in [-0.05, 0) is 78.6 Å². The van der Waals surface area contributed by atoms with Crippen molar-refractivity contribution >= 4 is 5.69 Å². The summed E-state index contributed by atoms with van der Waals surface area (Å²) in [6.45, 7) is 8.72. The van der Waals surface area contributed by atoms with Crippen LogP contribution in [-0.2, 0) is 4.74 Å². The third-order valence-electron chi connectivity index (χ3n) is 5.29. The predicted molar refractivity (Wildman–Crippen MR) is 123 cm³/mol. The first-order valence-corrected chi connectivity index (χ1v) is 10.7. The molecule has 3 aromatic carbocycles. The molecule has 0 saturated carbocycles. The Morgan fingerprint density at radius 2 is 1.13 bits per heavy atom. The Hall–Kier alpha value is -2.98. The molecule has 4 nitrogen and oxygen atoms in total. The highest BCUT2D eigenvalue weighted by molar-refractivity contribution is 5.79. The number of rotatable bonds is 7. The van der Waals surface area contributed by atoms with E-state index in [-0.39, 0.29) is 0 Å². The quantitative estimate of drug-likeness (QED) is 0.510. The Labute approximate surface area is 179 Å². The number of anilines is 1. The largest absolute Gasteiger partial charge is 0.494 e. The van der Waals surface area contributed by atoms with Crippen LogP contribution in [0.1, 0.15) is 13.8 Å². The van der Waals surface area contributed by atoms with Gasteiger partial charge in [-0.1, -0.05) is 24.3 Å². The van der Waals surface area contributed by atoms with Gasteiger partial charge >= 0.3 is 0 Å². The molecule has 1 aliphatic heterocycles. The van der Waals surface area contributed by atoms with E-state index >= 15 is 0 Å². The summed E-state index contributed by atoms with van der Waals surface area (Å²) in [5.41, 5.74) is 5.99. The maximum atomic E-state index is 5.61. The number of morpholine rings is 1. The van der Waals surface area contributed by atoms with E-state index in [0.29, 0.717) is 13.2 Å². The van der Waals surface area contributed by atoms with E-state index in [1.54, 1.807) is 0 Å². The summed E-state index contributed by atoms with van der Waals surface area (Å²) >= 11 is 0. The first kappa shape index (κ1) is 20.3. The second kappa shape index (κ2) is 9.68. The van der Waals surface area contributed by atoms with Crippen LogP contribution in [0.25, 0.3) is 22.3 Å². The molecule has 0 unspecified atom stereocenters. The van der Waals surface area contributed by atoms with Crippen LogP contribution >= 0.6 is 0 Å². The summed E-state index contributed by atoms with van der Waals surface area (Å²) in [7, 11) is 0. The lowest BCUT2D eigenvalue weighted by molar-refractivity contribution is 0.122. The van der Waals surface area contributed by atoms with Crippen LogP contribution in [0.4, 0.5) is 5.69 Å². The first-order chi connectivity index (χ1) is 14.8. The first-order valence-electron chi connectivity index (χ1n) is 10.7. The lowest BCUT2D eigenvalue weighted by Gasteiger charge is -2.29. The molecular weight excluding hydrogens is 374 g/mol. The Morgan fingerprint density at radius 1 is 0.667 bits per heavy atom. The molecule has 0 aromatic heterocycles. The van der Waals surface area contributed by atoms with Crippen LogP contribution in [-0.4, -0.2) is 39.5 Å². The van der Waals surface area contributed by atoms with Crippen LogP contribution in [0.3, 0.4) is 0 Å². The van der Waals surface area contributed by atoms with Crippen molar-refractivity contribution in [1.82, 2.24) is 0 Å². The van der Waals surface area contributed by atoms with Crippen LogP contribution < -0.4 is 14.4 Å². The van der Waals surface area contributed by atoms with Crippen LogP contribution in [0.2, 0.25) is 0 Å². The predicted octanol–water partition coefficient (Wildman–Crippen LogP) is 5.65. The van der Waals surface area contributed by atoms with Gasteiger partial charge in [0.1, 0.15) is 11.5 Å². The second-order valence-corrected chi connectivity index (χ2v) is 7.28. The van der Waals surface area contributed by atoms with E-state index in [1.165, 1.54) is 27.9 Å². The third-order valence-corrected chi connectivity index (χ3v) is 5.29. The number of benzene rings is 3. The van der Waals surface area contributed by atoms with Crippen molar-refractivity contribution in [2.45, 2.75) is 13.8 Å². The molecule has 1 aliphatic rings. The monoisotopic (exact) mass is 403 g/mol. The molecule has 30 heavy (non-hydrogen) atoms. The SMILES string of the molecule is CCOc1ccc(-c2cc(-c3ccc(OCC)cc3)cc(N3CCOCC3)c2)cc1. The molecule has 4 heteroatoms. The Morgan fingerprint density at radius 3 is 1.57 bits per heavy atom. The third kappa shape index (κ3) is 4.77. The zero-order valence-electron chi connectivity index (χ0n) is 17.8. The molecule has 3 aromatic rings. The van der Waals surface area contributed by atoms with E-state index < -0.39 is 0 Å². The molecule has 1 fully saturated rings. The summed E-state index contributed by atoms with van der Waals surface area (Å²) in [6.07, 6.45) is 0. The normalized spacial score (nSPS) is 13.9. The van der Waals surface area contributed by atoms with Gasteiger partial charge in [-0.25, -0.2) is 0 Å². The molecule has 4 rings (SSSR count). The highest BCUT2D eigenvalue weighted by Crippen LogP contribution is 2.33. The molecule has 0 amide bonds. The summed E-state index contributed by atoms with van der Waals surface area (Å²) in [5, 5.41) is 0. The van der Waals surface area contributed by atoms with Gasteiger partial charge in [-0.15, -0.1) is 0 Å². The van der Waals surface area contributed by atoms with Gasteiger partial charge < -0.3 is 19.1 Å². The summed E-state index contributed by atoms with van der Waals surface area (Å²) in [5.74, 6) is 1.80. The standard InChI is InChI=1S/C26H29NO3/c1-3-29-25-9-5-20(6-10-25)22-17-23(21-7-11-26(12-8-21)30-4-2)19-24(18-22)27-13-15-28-16-14-27/h5-12,17-19H,3-4,13-16H2,1-2H3. The number of nitrogens with zero attached hydrogens (tertiary/aromatic N) is 1. The van der Waals surface area contributed by atoms with Gasteiger partial charge in [0.2, 0.25) is 0 Å². The van der Waals surface area contributed by atoms with Crippen LogP contribution in [0, 0.1) is 0 Å². The molecular formula is C26H29NO3. The lowest BCUT2D eigenvalue weighted by Crippen LogP contribution is -2.36. The van der Waals surface area contributed by atoms with Gasteiger partial charge in [-0.2, -0.15) is 0 Å². The fourth-order valence-corrected chi connectivity index (χ4v) is 3.77. The maximum absolute atomic E-state index is 5.61. The molecule has 156 valence electrons. The zero-order valence-corrected chi connectivity index (χ0v) is 17.8. The molecule has 0 N–H and O–H groups in total. The summed E-state index contributed by atoms with van der Waals surface area (Å²) in [6, 6.07) is 23.5. The average Bonchev–Trinajstić information content (AvgIpc) is 2.81. The van der Waals surface area contributed by atoms with Gasteiger partial charge in [0.15, 0.2) is 0 Å². The van der Waals surface area contributed by atoms with E-state index in [9.17, 15) is 0 Å². The van der Waals surface area contributed by atoms with Crippen molar-refractivity contribution < 1.29 is 14.2 Å². The van der Waals surface area contributed by atoms with Gasteiger partial charge in [0.05, 0.1) is 26.4 Å². The molecule has 0 bridgehead atoms. The fraction of sp³-hybridized carbons (Fsp3) is 0.308. The second-order valence-electron chi connectivity index (χ2n) is 7.28. The van der Waals surface area contributed by atoms with Crippen molar-refractivity contribution in [1.29, 1.82) is 0 Å². The lowest BCUT2D eigenvalue weighted by atomic mass is 9.97. The van der Waals surface area contributed by atoms with Crippen molar-refractivity contribution in [3.05, 3.63) is 66.7 Å². The highest BCUT2D eigenvalue weighted by Gasteiger charge is 2.14. The van der Waals surface area contributed by atoms with Crippen molar-refractivity contribution in [2.24, 2.45) is 0 Å². The molecule has 0 spiro atoms. The Balaban J connectivity index is 1.72. The van der Waals surface area contributed by atoms with Crippen molar-refractivity contribution in [3.8, 4) is 33.8 Å². The summed E-state index contributed by atoms with van der Waals surface area (Å²) in [4.78, 5) is 2.40. The van der Waals surface area contributed by atoms with Crippen molar-refractivity contribution in [3.63, 3.8) is 0 Å². The van der Waals surface area contributed by atoms with Gasteiger partial charge in [0.25, 0.3) is 0 Å². The Bertz CT molecular complexity index is 877. The number of ether oxygens (including phenoxy) is 3. The summed E-state index contributed by atoms with van der Waals surface area (Å²) < 4.78 is 16.8. The smallest absolute Gasteiger partial charge is 0.119 e. The number of hydrogen-bond acceptors (Lipinski definition) is 4.